The summed E-state index contributed by atoms with van der Waals surface area (Å²) in [6.45, 7) is 4.45. The van der Waals surface area contributed by atoms with E-state index in [0.717, 1.165) is 35.2 Å². The van der Waals surface area contributed by atoms with Crippen molar-refractivity contribution in [2.75, 3.05) is 18.0 Å². The van der Waals surface area contributed by atoms with Crippen LogP contribution in [0.5, 0.6) is 5.88 Å². The maximum absolute atomic E-state index is 10.2. The van der Waals surface area contributed by atoms with E-state index < -0.39 is 0 Å². The Labute approximate surface area is 160 Å². The van der Waals surface area contributed by atoms with Gasteiger partial charge < -0.3 is 15.0 Å². The topological polar surface area (TPSA) is 51.6 Å². The number of hydrogen-bond acceptors (Lipinski definition) is 3. The van der Waals surface area contributed by atoms with Gasteiger partial charge in [-0.3, -0.25) is 4.99 Å². The van der Waals surface area contributed by atoms with E-state index in [1.807, 2.05) is 24.3 Å². The third kappa shape index (κ3) is 3.85. The van der Waals surface area contributed by atoms with Crippen LogP contribution in [0.4, 0.5) is 11.4 Å². The fourth-order valence-electron chi connectivity index (χ4n) is 3.98. The number of para-hydroxylation sites is 1. The van der Waals surface area contributed by atoms with Crippen LogP contribution >= 0.6 is 0 Å². The first kappa shape index (κ1) is 17.7. The number of aromatic amines is 1. The van der Waals surface area contributed by atoms with Gasteiger partial charge in [0.1, 0.15) is 0 Å². The van der Waals surface area contributed by atoms with Crippen LogP contribution in [0.2, 0.25) is 0 Å². The van der Waals surface area contributed by atoms with E-state index >= 15 is 0 Å². The van der Waals surface area contributed by atoms with Gasteiger partial charge in [-0.05, 0) is 49.6 Å². The molecule has 27 heavy (non-hydrogen) atoms. The Morgan fingerprint density at radius 2 is 1.74 bits per heavy atom. The summed E-state index contributed by atoms with van der Waals surface area (Å²) in [6, 6.07) is 14.3. The van der Waals surface area contributed by atoms with Crippen LogP contribution < -0.4 is 4.90 Å². The third-order valence-corrected chi connectivity index (χ3v) is 5.45. The number of nitrogens with one attached hydrogen (secondary N) is 1. The normalized spacial score (nSPS) is 16.0. The highest BCUT2D eigenvalue weighted by molar-refractivity contribution is 6.02. The monoisotopic (exact) mass is 361 g/mol. The maximum Gasteiger partial charge on any atom is 0.198 e. The van der Waals surface area contributed by atoms with Crippen molar-refractivity contribution in [1.29, 1.82) is 0 Å². The number of benzene rings is 2. The van der Waals surface area contributed by atoms with Gasteiger partial charge in [0.15, 0.2) is 5.88 Å². The van der Waals surface area contributed by atoms with Gasteiger partial charge >= 0.3 is 0 Å². The predicted octanol–water partition coefficient (Wildman–Crippen LogP) is 5.70. The number of aryl methyl sites for hydroxylation is 1. The Kier molecular flexibility index (Phi) is 5.14. The van der Waals surface area contributed by atoms with Gasteiger partial charge in [-0.15, -0.1) is 0 Å². The van der Waals surface area contributed by atoms with Crippen molar-refractivity contribution >= 4 is 28.5 Å². The third-order valence-electron chi connectivity index (χ3n) is 5.45. The standard InChI is InChI=1S/C23H27N3O/c1-17-15-18(11-12-22(17)26-13-7-3-2-4-8-14-26)24-16-20-19-9-5-6-10-21(19)25-23(20)27/h5-6,9-12,15-16,25,27H,2-4,7-8,13-14H2,1H3. The van der Waals surface area contributed by atoms with E-state index in [2.05, 4.69) is 40.0 Å². The molecule has 0 atom stereocenters. The summed E-state index contributed by atoms with van der Waals surface area (Å²) in [6.07, 6.45) is 8.36. The van der Waals surface area contributed by atoms with Crippen LogP contribution in [-0.2, 0) is 0 Å². The molecule has 140 valence electrons. The molecule has 4 nitrogen and oxygen atoms in total. The second-order valence-electron chi connectivity index (χ2n) is 7.42. The van der Waals surface area contributed by atoms with Crippen LogP contribution in [0.25, 0.3) is 10.9 Å². The number of aromatic nitrogens is 1. The molecule has 0 radical (unpaired) electrons. The fourth-order valence-corrected chi connectivity index (χ4v) is 3.98. The SMILES string of the molecule is Cc1cc(N=Cc2c(O)[nH]c3ccccc23)ccc1N1CCCCCCC1. The van der Waals surface area contributed by atoms with Crippen molar-refractivity contribution in [3.05, 3.63) is 53.6 Å². The van der Waals surface area contributed by atoms with Crippen molar-refractivity contribution in [3.63, 3.8) is 0 Å². The molecule has 1 aromatic heterocycles. The molecule has 4 rings (SSSR count). The molecule has 0 amide bonds. The first-order valence-corrected chi connectivity index (χ1v) is 9.92. The molecule has 2 aromatic carbocycles. The van der Waals surface area contributed by atoms with Gasteiger partial charge in [0.05, 0.1) is 11.3 Å². The average Bonchev–Trinajstić information content (AvgIpc) is 2.96. The highest BCUT2D eigenvalue weighted by atomic mass is 16.3. The zero-order valence-corrected chi connectivity index (χ0v) is 15.9. The second-order valence-corrected chi connectivity index (χ2v) is 7.42. The van der Waals surface area contributed by atoms with E-state index in [-0.39, 0.29) is 5.88 Å². The van der Waals surface area contributed by atoms with Gasteiger partial charge in [-0.2, -0.15) is 0 Å². The van der Waals surface area contributed by atoms with Gasteiger partial charge in [0.2, 0.25) is 0 Å². The largest absolute Gasteiger partial charge is 0.494 e. The Bertz CT molecular complexity index is 949. The molecule has 1 aliphatic rings. The van der Waals surface area contributed by atoms with Gasteiger partial charge in [0.25, 0.3) is 0 Å². The maximum atomic E-state index is 10.2. The minimum Gasteiger partial charge on any atom is -0.494 e. The van der Waals surface area contributed by atoms with Crippen LogP contribution in [0.1, 0.15) is 43.2 Å². The lowest BCUT2D eigenvalue weighted by atomic mass is 10.1. The quantitative estimate of drug-likeness (QED) is 0.588. The summed E-state index contributed by atoms with van der Waals surface area (Å²) in [4.78, 5) is 10.1. The second kappa shape index (κ2) is 7.87. The lowest BCUT2D eigenvalue weighted by Gasteiger charge is -2.28. The van der Waals surface area contributed by atoms with E-state index in [1.54, 1.807) is 6.21 Å². The first-order chi connectivity index (χ1) is 13.2. The molecule has 1 aliphatic heterocycles. The fraction of sp³-hybridized carbons (Fsp3) is 0.348. The zero-order chi connectivity index (χ0) is 18.6. The van der Waals surface area contributed by atoms with Crippen molar-refractivity contribution in [3.8, 4) is 5.88 Å². The Morgan fingerprint density at radius 1 is 1.00 bits per heavy atom. The smallest absolute Gasteiger partial charge is 0.198 e. The molecule has 0 spiro atoms. The molecule has 3 aromatic rings. The number of rotatable bonds is 3. The molecule has 1 saturated heterocycles. The lowest BCUT2D eigenvalue weighted by Crippen LogP contribution is -2.27. The van der Waals surface area contributed by atoms with Crippen LogP contribution in [0.3, 0.4) is 0 Å². The zero-order valence-electron chi connectivity index (χ0n) is 15.9. The minimum atomic E-state index is 0.161. The predicted molar refractivity (Wildman–Crippen MR) is 114 cm³/mol. The Balaban J connectivity index is 1.57. The number of aliphatic imine (C=N–C) groups is 1. The van der Waals surface area contributed by atoms with Crippen LogP contribution in [-0.4, -0.2) is 29.4 Å². The van der Waals surface area contributed by atoms with E-state index in [0.29, 0.717) is 0 Å². The van der Waals surface area contributed by atoms with Gasteiger partial charge in [-0.1, -0.05) is 37.5 Å². The Hall–Kier alpha value is -2.75. The van der Waals surface area contributed by atoms with E-state index in [1.165, 1.54) is 43.4 Å². The highest BCUT2D eigenvalue weighted by Crippen LogP contribution is 2.29. The lowest BCUT2D eigenvalue weighted by molar-refractivity contribution is 0.457. The molecule has 2 heterocycles. The first-order valence-electron chi connectivity index (χ1n) is 9.92. The summed E-state index contributed by atoms with van der Waals surface area (Å²) in [5, 5.41) is 11.2. The van der Waals surface area contributed by atoms with Gasteiger partial charge in [-0.25, -0.2) is 0 Å². The van der Waals surface area contributed by atoms with Crippen LogP contribution in [0, 0.1) is 6.92 Å². The summed E-state index contributed by atoms with van der Waals surface area (Å²) < 4.78 is 0. The summed E-state index contributed by atoms with van der Waals surface area (Å²) >= 11 is 0. The summed E-state index contributed by atoms with van der Waals surface area (Å²) in [5.41, 5.74) is 5.14. The van der Waals surface area contributed by atoms with Crippen molar-refractivity contribution in [1.82, 2.24) is 4.98 Å². The van der Waals surface area contributed by atoms with Crippen molar-refractivity contribution in [2.24, 2.45) is 4.99 Å². The van der Waals surface area contributed by atoms with Crippen LogP contribution in [0.15, 0.2) is 47.5 Å². The highest BCUT2D eigenvalue weighted by Gasteiger charge is 2.12. The van der Waals surface area contributed by atoms with E-state index in [9.17, 15) is 5.11 Å². The molecule has 0 bridgehead atoms. The molecular formula is C23H27N3O. The molecule has 0 saturated carbocycles. The molecule has 4 heteroatoms. The molecule has 1 fully saturated rings. The van der Waals surface area contributed by atoms with Crippen molar-refractivity contribution in [2.45, 2.75) is 39.0 Å². The number of aromatic hydroxyl groups is 1. The van der Waals surface area contributed by atoms with Crippen molar-refractivity contribution < 1.29 is 5.11 Å². The van der Waals surface area contributed by atoms with E-state index in [4.69, 9.17) is 0 Å². The molecule has 2 N–H and O–H groups in total. The number of hydrogen-bond donors (Lipinski definition) is 2. The molecular weight excluding hydrogens is 334 g/mol. The number of fused-ring (bicyclic) bond motifs is 1. The Morgan fingerprint density at radius 3 is 2.52 bits per heavy atom. The number of anilines is 1. The molecule has 0 aliphatic carbocycles. The number of nitrogens with zero attached hydrogens (tertiary/aromatic N) is 2. The summed E-state index contributed by atoms with van der Waals surface area (Å²) in [7, 11) is 0. The number of H-pyrrole nitrogens is 1. The summed E-state index contributed by atoms with van der Waals surface area (Å²) in [5.74, 6) is 0.161. The average molecular weight is 361 g/mol. The van der Waals surface area contributed by atoms with Gasteiger partial charge in [0, 0.05) is 35.9 Å². The minimum absolute atomic E-state index is 0.161. The molecule has 0 unspecified atom stereocenters.